The summed E-state index contributed by atoms with van der Waals surface area (Å²) in [6.45, 7) is 2.23. The average molecular weight is 218 g/mol. The monoisotopic (exact) mass is 218 g/mol. The zero-order valence-corrected chi connectivity index (χ0v) is 8.75. The summed E-state index contributed by atoms with van der Waals surface area (Å²) in [6, 6.07) is -0.586. The topological polar surface area (TPSA) is 46.3 Å². The number of nitrogens with two attached hydrogens (primary N) is 1. The molecule has 3 nitrogen and oxygen atoms in total. The predicted molar refractivity (Wildman–Crippen MR) is 51.4 cm³/mol. The van der Waals surface area contributed by atoms with Crippen molar-refractivity contribution in [2.75, 3.05) is 13.1 Å². The minimum atomic E-state index is -2.59. The van der Waals surface area contributed by atoms with Gasteiger partial charge in [-0.1, -0.05) is 0 Å². The first-order chi connectivity index (χ1) is 6.92. The number of carbonyl (C=O) groups is 1. The van der Waals surface area contributed by atoms with Crippen LogP contribution in [0.4, 0.5) is 8.78 Å². The second-order valence-corrected chi connectivity index (χ2v) is 4.70. The number of fused-ring (bicyclic) bond motifs is 1. The van der Waals surface area contributed by atoms with Gasteiger partial charge in [0.2, 0.25) is 5.91 Å². The van der Waals surface area contributed by atoms with E-state index in [0.717, 1.165) is 0 Å². The van der Waals surface area contributed by atoms with Crippen LogP contribution in [0, 0.1) is 11.8 Å². The summed E-state index contributed by atoms with van der Waals surface area (Å²) >= 11 is 0. The average Bonchev–Trinajstić information content (AvgIpc) is 2.66. The van der Waals surface area contributed by atoms with E-state index in [9.17, 15) is 13.6 Å². The Balaban J connectivity index is 2.05. The first kappa shape index (κ1) is 10.8. The lowest BCUT2D eigenvalue weighted by Gasteiger charge is -2.21. The van der Waals surface area contributed by atoms with Gasteiger partial charge < -0.3 is 10.6 Å². The largest absolute Gasteiger partial charge is 0.341 e. The van der Waals surface area contributed by atoms with Crippen molar-refractivity contribution in [3.8, 4) is 0 Å². The van der Waals surface area contributed by atoms with E-state index in [0.29, 0.717) is 13.0 Å². The summed E-state index contributed by atoms with van der Waals surface area (Å²) in [5, 5.41) is 0. The molecule has 15 heavy (non-hydrogen) atoms. The van der Waals surface area contributed by atoms with Crippen LogP contribution in [0.1, 0.15) is 19.8 Å². The molecule has 0 aromatic heterocycles. The molecule has 3 atom stereocenters. The zero-order valence-electron chi connectivity index (χ0n) is 8.75. The number of hydrogen-bond donors (Lipinski definition) is 1. The highest BCUT2D eigenvalue weighted by Gasteiger charge is 2.54. The van der Waals surface area contributed by atoms with Gasteiger partial charge in [0.25, 0.3) is 5.92 Å². The summed E-state index contributed by atoms with van der Waals surface area (Å²) in [5.74, 6) is -3.46. The highest BCUT2D eigenvalue weighted by molar-refractivity contribution is 5.81. The van der Waals surface area contributed by atoms with Crippen molar-refractivity contribution >= 4 is 5.91 Å². The lowest BCUT2D eigenvalue weighted by molar-refractivity contribution is -0.132. The molecular weight excluding hydrogens is 202 g/mol. The molecule has 0 aromatic carbocycles. The highest BCUT2D eigenvalue weighted by Crippen LogP contribution is 2.48. The highest BCUT2D eigenvalue weighted by atomic mass is 19.3. The van der Waals surface area contributed by atoms with Crippen LogP contribution < -0.4 is 5.73 Å². The van der Waals surface area contributed by atoms with Crippen molar-refractivity contribution in [3.63, 3.8) is 0 Å². The fraction of sp³-hybridized carbons (Fsp3) is 0.900. The number of carbonyl (C=O) groups excluding carboxylic acids is 1. The third kappa shape index (κ3) is 1.73. The van der Waals surface area contributed by atoms with E-state index in [-0.39, 0.29) is 24.8 Å². The molecule has 5 heteroatoms. The molecule has 1 heterocycles. The quantitative estimate of drug-likeness (QED) is 0.708. The predicted octanol–water partition coefficient (Wildman–Crippen LogP) is 0.837. The van der Waals surface area contributed by atoms with Gasteiger partial charge in [-0.25, -0.2) is 8.78 Å². The van der Waals surface area contributed by atoms with Gasteiger partial charge in [0.05, 0.1) is 6.04 Å². The number of alkyl halides is 2. The van der Waals surface area contributed by atoms with Gasteiger partial charge in [0, 0.05) is 25.4 Å². The van der Waals surface area contributed by atoms with Gasteiger partial charge in [-0.05, 0) is 19.3 Å². The van der Waals surface area contributed by atoms with Gasteiger partial charge in [0.1, 0.15) is 0 Å². The Bertz CT molecular complexity index is 281. The second kappa shape index (κ2) is 3.40. The van der Waals surface area contributed by atoms with Crippen LogP contribution >= 0.6 is 0 Å². The molecule has 1 saturated carbocycles. The van der Waals surface area contributed by atoms with Crippen molar-refractivity contribution in [1.29, 1.82) is 0 Å². The number of amides is 1. The molecule has 2 fully saturated rings. The first-order valence-electron chi connectivity index (χ1n) is 5.34. The number of nitrogens with zero attached hydrogens (tertiary/aromatic N) is 1. The van der Waals surface area contributed by atoms with E-state index in [1.807, 2.05) is 0 Å². The maximum absolute atomic E-state index is 13.4. The third-order valence-corrected chi connectivity index (χ3v) is 3.53. The molecule has 0 bridgehead atoms. The Morgan fingerprint density at radius 2 is 2.20 bits per heavy atom. The molecule has 2 rings (SSSR count). The van der Waals surface area contributed by atoms with Crippen LogP contribution in [0.25, 0.3) is 0 Å². The van der Waals surface area contributed by atoms with E-state index >= 15 is 0 Å². The van der Waals surface area contributed by atoms with Crippen LogP contribution in [0.5, 0.6) is 0 Å². The Kier molecular flexibility index (Phi) is 2.45. The van der Waals surface area contributed by atoms with Crippen LogP contribution in [-0.4, -0.2) is 35.9 Å². The summed E-state index contributed by atoms with van der Waals surface area (Å²) in [5.41, 5.74) is 5.46. The Morgan fingerprint density at radius 3 is 2.73 bits per heavy atom. The van der Waals surface area contributed by atoms with Gasteiger partial charge in [-0.15, -0.1) is 0 Å². The van der Waals surface area contributed by atoms with E-state index in [1.54, 1.807) is 6.92 Å². The Hall–Kier alpha value is -0.710. The lowest BCUT2D eigenvalue weighted by Crippen LogP contribution is -2.42. The molecule has 2 aliphatic rings. The van der Waals surface area contributed by atoms with Crippen molar-refractivity contribution in [2.45, 2.75) is 31.7 Å². The standard InChI is InChI=1S/C10H16F2N2O/c1-6(13)9(15)14-4-7-2-3-10(11,12)8(7)5-14/h6-8H,2-5,13H2,1H3/t6-,7-,8-/m0/s1. The zero-order chi connectivity index (χ0) is 11.2. The van der Waals surface area contributed by atoms with Crippen molar-refractivity contribution in [2.24, 2.45) is 17.6 Å². The summed E-state index contributed by atoms with van der Waals surface area (Å²) in [4.78, 5) is 13.0. The van der Waals surface area contributed by atoms with E-state index in [1.165, 1.54) is 4.90 Å². The minimum Gasteiger partial charge on any atom is -0.341 e. The lowest BCUT2D eigenvalue weighted by atomic mass is 9.99. The first-order valence-corrected chi connectivity index (χ1v) is 5.34. The molecule has 1 aliphatic carbocycles. The Labute approximate surface area is 87.6 Å². The molecular formula is C10H16F2N2O. The van der Waals surface area contributed by atoms with Crippen LogP contribution in [0.15, 0.2) is 0 Å². The third-order valence-electron chi connectivity index (χ3n) is 3.53. The van der Waals surface area contributed by atoms with Crippen LogP contribution in [0.2, 0.25) is 0 Å². The van der Waals surface area contributed by atoms with Gasteiger partial charge >= 0.3 is 0 Å². The second-order valence-electron chi connectivity index (χ2n) is 4.70. The number of halogens is 2. The smallest absolute Gasteiger partial charge is 0.252 e. The molecule has 0 radical (unpaired) electrons. The summed E-state index contributed by atoms with van der Waals surface area (Å²) < 4.78 is 26.7. The SMILES string of the molecule is C[C@H](N)C(=O)N1C[C@@H]2CCC(F)(F)[C@H]2C1. The molecule has 2 N–H and O–H groups in total. The fourth-order valence-corrected chi connectivity index (χ4v) is 2.67. The van der Waals surface area contributed by atoms with Crippen molar-refractivity contribution in [1.82, 2.24) is 4.90 Å². The van der Waals surface area contributed by atoms with Gasteiger partial charge in [-0.2, -0.15) is 0 Å². The van der Waals surface area contributed by atoms with Gasteiger partial charge in [-0.3, -0.25) is 4.79 Å². The van der Waals surface area contributed by atoms with Crippen LogP contribution in [-0.2, 0) is 4.79 Å². The van der Waals surface area contributed by atoms with Crippen molar-refractivity contribution < 1.29 is 13.6 Å². The number of hydrogen-bond acceptors (Lipinski definition) is 2. The van der Waals surface area contributed by atoms with Crippen LogP contribution in [0.3, 0.4) is 0 Å². The molecule has 0 unspecified atom stereocenters. The van der Waals surface area contributed by atoms with E-state index < -0.39 is 17.9 Å². The Morgan fingerprint density at radius 1 is 1.53 bits per heavy atom. The van der Waals surface area contributed by atoms with E-state index in [4.69, 9.17) is 5.73 Å². The molecule has 1 aliphatic heterocycles. The van der Waals surface area contributed by atoms with E-state index in [2.05, 4.69) is 0 Å². The summed E-state index contributed by atoms with van der Waals surface area (Å²) in [6.07, 6.45) is 0.503. The minimum absolute atomic E-state index is 0.0253. The van der Waals surface area contributed by atoms with Crippen molar-refractivity contribution in [3.05, 3.63) is 0 Å². The van der Waals surface area contributed by atoms with Gasteiger partial charge in [0.15, 0.2) is 0 Å². The fourth-order valence-electron chi connectivity index (χ4n) is 2.67. The molecule has 0 aromatic rings. The maximum atomic E-state index is 13.4. The molecule has 86 valence electrons. The molecule has 0 spiro atoms. The number of rotatable bonds is 1. The molecule has 1 amide bonds. The maximum Gasteiger partial charge on any atom is 0.252 e. The summed E-state index contributed by atoms with van der Waals surface area (Å²) in [7, 11) is 0. The molecule has 1 saturated heterocycles. The normalized spacial score (nSPS) is 35.3. The number of likely N-dealkylation sites (tertiary alicyclic amines) is 1.